The molecule has 2 aromatic carbocycles. The maximum absolute atomic E-state index is 12.9. The zero-order chi connectivity index (χ0) is 20.5. The molecule has 0 aliphatic carbocycles. The number of carbonyl (C=O) groups excluding carboxylic acids is 2. The zero-order valence-corrected chi connectivity index (χ0v) is 16.8. The summed E-state index contributed by atoms with van der Waals surface area (Å²) in [7, 11) is -2.59. The van der Waals surface area contributed by atoms with Crippen molar-refractivity contribution in [2.24, 2.45) is 0 Å². The summed E-state index contributed by atoms with van der Waals surface area (Å²) in [5, 5.41) is 0. The molecule has 0 unspecified atom stereocenters. The van der Waals surface area contributed by atoms with E-state index in [2.05, 4.69) is 9.46 Å². The second-order valence-electron chi connectivity index (χ2n) is 6.69. The van der Waals surface area contributed by atoms with Gasteiger partial charge in [-0.3, -0.25) is 9.52 Å². The first kappa shape index (κ1) is 19.9. The lowest BCUT2D eigenvalue weighted by atomic mass is 10.0. The van der Waals surface area contributed by atoms with E-state index in [0.29, 0.717) is 24.2 Å². The predicted molar refractivity (Wildman–Crippen MR) is 106 cm³/mol. The summed E-state index contributed by atoms with van der Waals surface area (Å²) in [4.78, 5) is 25.3. The zero-order valence-electron chi connectivity index (χ0n) is 16.0. The van der Waals surface area contributed by atoms with E-state index in [1.807, 2.05) is 0 Å². The van der Waals surface area contributed by atoms with Gasteiger partial charge in [-0.25, -0.2) is 13.2 Å². The van der Waals surface area contributed by atoms with Gasteiger partial charge in [0.1, 0.15) is 0 Å². The van der Waals surface area contributed by atoms with Crippen molar-refractivity contribution in [3.05, 3.63) is 53.1 Å². The number of rotatable bonds is 4. The van der Waals surface area contributed by atoms with Crippen LogP contribution < -0.4 is 9.62 Å². The monoisotopic (exact) mass is 402 g/mol. The molecule has 0 saturated carbocycles. The lowest BCUT2D eigenvalue weighted by Gasteiger charge is -2.28. The molecule has 8 heteroatoms. The fraction of sp³-hybridized carbons (Fsp3) is 0.300. The Morgan fingerprint density at radius 2 is 1.89 bits per heavy atom. The third kappa shape index (κ3) is 3.87. The van der Waals surface area contributed by atoms with Crippen molar-refractivity contribution in [1.29, 1.82) is 0 Å². The van der Waals surface area contributed by atoms with Crippen molar-refractivity contribution < 1.29 is 22.7 Å². The molecule has 0 atom stereocenters. The van der Waals surface area contributed by atoms with Crippen LogP contribution in [0.1, 0.15) is 34.8 Å². The molecule has 1 N–H and O–H groups in total. The fourth-order valence-corrected chi connectivity index (χ4v) is 4.42. The highest BCUT2D eigenvalue weighted by Crippen LogP contribution is 2.30. The summed E-state index contributed by atoms with van der Waals surface area (Å²) in [5.74, 6) is -0.608. The van der Waals surface area contributed by atoms with Crippen LogP contribution in [-0.2, 0) is 26.0 Å². The largest absolute Gasteiger partial charge is 0.465 e. The SMILES string of the molecule is COC(=O)c1ccc(C)c(NS(=O)(=O)c2ccc3c(c2)CCCN3C(C)=O)c1. The molecule has 7 nitrogen and oxygen atoms in total. The van der Waals surface area contributed by atoms with Crippen LogP contribution in [0.4, 0.5) is 11.4 Å². The third-order valence-corrected chi connectivity index (χ3v) is 6.13. The Bertz CT molecular complexity index is 1050. The standard InChI is InChI=1S/C20H22N2O5S/c1-13-6-7-16(20(24)27-3)12-18(13)21-28(25,26)17-8-9-19-15(11-17)5-4-10-22(19)14(2)23/h6-9,11-12,21H,4-5,10H2,1-3H3. The number of nitrogens with one attached hydrogen (secondary N) is 1. The maximum Gasteiger partial charge on any atom is 0.337 e. The van der Waals surface area contributed by atoms with Gasteiger partial charge in [-0.15, -0.1) is 0 Å². The number of amides is 1. The number of esters is 1. The van der Waals surface area contributed by atoms with Crippen LogP contribution >= 0.6 is 0 Å². The number of benzene rings is 2. The number of nitrogens with zero attached hydrogens (tertiary/aromatic N) is 1. The van der Waals surface area contributed by atoms with E-state index in [9.17, 15) is 18.0 Å². The van der Waals surface area contributed by atoms with E-state index in [1.54, 1.807) is 36.1 Å². The Labute approximate surface area is 164 Å². The summed E-state index contributed by atoms with van der Waals surface area (Å²) in [6, 6.07) is 9.45. The van der Waals surface area contributed by atoms with E-state index in [1.165, 1.54) is 26.2 Å². The molecule has 2 aromatic rings. The first-order valence-corrected chi connectivity index (χ1v) is 10.3. The van der Waals surface area contributed by atoms with Crippen LogP contribution in [0.25, 0.3) is 0 Å². The van der Waals surface area contributed by atoms with Gasteiger partial charge in [-0.05, 0) is 61.2 Å². The summed E-state index contributed by atoms with van der Waals surface area (Å²) in [6.45, 7) is 3.88. The lowest BCUT2D eigenvalue weighted by molar-refractivity contribution is -0.116. The summed E-state index contributed by atoms with van der Waals surface area (Å²) in [6.07, 6.45) is 1.49. The second-order valence-corrected chi connectivity index (χ2v) is 8.37. The van der Waals surface area contributed by atoms with Crippen LogP contribution in [0.15, 0.2) is 41.3 Å². The van der Waals surface area contributed by atoms with E-state index in [0.717, 1.165) is 17.7 Å². The van der Waals surface area contributed by atoms with Crippen LogP contribution in [0, 0.1) is 6.92 Å². The van der Waals surface area contributed by atoms with Crippen LogP contribution in [0.2, 0.25) is 0 Å². The Hall–Kier alpha value is -2.87. The molecule has 0 aromatic heterocycles. The Balaban J connectivity index is 1.94. The van der Waals surface area contributed by atoms with Gasteiger partial charge in [-0.1, -0.05) is 6.07 Å². The molecule has 3 rings (SSSR count). The smallest absolute Gasteiger partial charge is 0.337 e. The number of hydrogen-bond acceptors (Lipinski definition) is 5. The number of aryl methyl sites for hydroxylation is 2. The van der Waals surface area contributed by atoms with Crippen LogP contribution in [0.3, 0.4) is 0 Å². The minimum absolute atomic E-state index is 0.0649. The lowest BCUT2D eigenvalue weighted by Crippen LogP contribution is -2.33. The van der Waals surface area contributed by atoms with Crippen molar-refractivity contribution in [3.8, 4) is 0 Å². The number of hydrogen-bond donors (Lipinski definition) is 1. The van der Waals surface area contributed by atoms with Gasteiger partial charge in [0.25, 0.3) is 10.0 Å². The van der Waals surface area contributed by atoms with Gasteiger partial charge in [0.05, 0.1) is 23.3 Å². The Morgan fingerprint density at radius 1 is 1.14 bits per heavy atom. The number of carbonyl (C=O) groups is 2. The molecule has 0 saturated heterocycles. The highest BCUT2D eigenvalue weighted by molar-refractivity contribution is 7.92. The highest BCUT2D eigenvalue weighted by atomic mass is 32.2. The minimum atomic E-state index is -3.86. The van der Waals surface area contributed by atoms with Crippen molar-refractivity contribution in [1.82, 2.24) is 0 Å². The number of anilines is 2. The summed E-state index contributed by atoms with van der Waals surface area (Å²) >= 11 is 0. The van der Waals surface area contributed by atoms with Crippen molar-refractivity contribution in [2.75, 3.05) is 23.3 Å². The molecule has 1 aliphatic heterocycles. The molecule has 1 aliphatic rings. The third-order valence-electron chi connectivity index (χ3n) is 4.76. The second kappa shape index (κ2) is 7.63. The fourth-order valence-electron chi connectivity index (χ4n) is 3.25. The number of ether oxygens (including phenoxy) is 1. The molecule has 0 bridgehead atoms. The van der Waals surface area contributed by atoms with Crippen LogP contribution in [0.5, 0.6) is 0 Å². The van der Waals surface area contributed by atoms with Gasteiger partial charge in [0, 0.05) is 19.2 Å². The Kier molecular flexibility index (Phi) is 5.42. The van der Waals surface area contributed by atoms with Gasteiger partial charge >= 0.3 is 5.97 Å². The summed E-state index contributed by atoms with van der Waals surface area (Å²) in [5.41, 5.74) is 2.82. The molecule has 0 radical (unpaired) electrons. The highest BCUT2D eigenvalue weighted by Gasteiger charge is 2.23. The molecule has 0 spiro atoms. The molecular formula is C20H22N2O5S. The van der Waals surface area contributed by atoms with Crippen LogP contribution in [-0.4, -0.2) is 33.9 Å². The number of methoxy groups -OCH3 is 1. The van der Waals surface area contributed by atoms with E-state index in [-0.39, 0.29) is 16.4 Å². The van der Waals surface area contributed by atoms with E-state index < -0.39 is 16.0 Å². The average Bonchev–Trinajstić information content (AvgIpc) is 2.67. The summed E-state index contributed by atoms with van der Waals surface area (Å²) < 4.78 is 33.0. The van der Waals surface area contributed by atoms with Gasteiger partial charge < -0.3 is 9.64 Å². The van der Waals surface area contributed by atoms with Gasteiger partial charge in [-0.2, -0.15) is 0 Å². The normalized spacial score (nSPS) is 13.6. The molecule has 148 valence electrons. The maximum atomic E-state index is 12.9. The molecular weight excluding hydrogens is 380 g/mol. The quantitative estimate of drug-likeness (QED) is 0.794. The minimum Gasteiger partial charge on any atom is -0.465 e. The topological polar surface area (TPSA) is 92.8 Å². The molecule has 28 heavy (non-hydrogen) atoms. The molecule has 1 heterocycles. The average molecular weight is 402 g/mol. The van der Waals surface area contributed by atoms with E-state index in [4.69, 9.17) is 0 Å². The van der Waals surface area contributed by atoms with Gasteiger partial charge in [0.2, 0.25) is 5.91 Å². The van der Waals surface area contributed by atoms with E-state index >= 15 is 0 Å². The predicted octanol–water partition coefficient (Wildman–Crippen LogP) is 2.88. The first-order chi connectivity index (χ1) is 13.2. The van der Waals surface area contributed by atoms with Crippen molar-refractivity contribution >= 4 is 33.3 Å². The first-order valence-electron chi connectivity index (χ1n) is 8.86. The van der Waals surface area contributed by atoms with Gasteiger partial charge in [0.15, 0.2) is 0 Å². The number of sulfonamides is 1. The van der Waals surface area contributed by atoms with Crippen molar-refractivity contribution in [3.63, 3.8) is 0 Å². The Morgan fingerprint density at radius 3 is 2.57 bits per heavy atom. The number of fused-ring (bicyclic) bond motifs is 1. The molecule has 1 amide bonds. The van der Waals surface area contributed by atoms with Crippen molar-refractivity contribution in [2.45, 2.75) is 31.6 Å². The molecule has 0 fully saturated rings.